The number of hydrogen-bond donors (Lipinski definition) is 1. The third kappa shape index (κ3) is 16.4. The summed E-state index contributed by atoms with van der Waals surface area (Å²) in [5.74, 6) is 0. The molecule has 0 spiro atoms. The molecule has 28 heavy (non-hydrogen) atoms. The Morgan fingerprint density at radius 1 is 0.393 bits per heavy atom. The highest BCUT2D eigenvalue weighted by atomic mass is 33.5. The lowest BCUT2D eigenvalue weighted by molar-refractivity contribution is 4.62. The Labute approximate surface area is 221 Å². The molecule has 16 unspecified atom stereocenters. The van der Waals surface area contributed by atoms with Crippen molar-refractivity contribution < 1.29 is 0 Å². The Kier molecular flexibility index (Phi) is 31.6. The average Bonchev–Trinajstić information content (AvgIpc) is 2.50. The van der Waals surface area contributed by atoms with E-state index in [1.807, 2.05) is 14.1 Å². The van der Waals surface area contributed by atoms with E-state index in [0.29, 0.717) is 0 Å². The van der Waals surface area contributed by atoms with Gasteiger partial charge in [0.2, 0.25) is 0 Å². The summed E-state index contributed by atoms with van der Waals surface area (Å²) < 4.78 is 0. The lowest BCUT2D eigenvalue weighted by Crippen LogP contribution is -1.59. The van der Waals surface area contributed by atoms with Crippen molar-refractivity contribution >= 4 is 224 Å². The van der Waals surface area contributed by atoms with E-state index < -0.39 is 0 Å². The molecule has 0 aliphatic carbocycles. The lowest BCUT2D eigenvalue weighted by atomic mass is 28.7. The number of rotatable bonds is 11. The average molecular weight is 898 g/mol. The van der Waals surface area contributed by atoms with Gasteiger partial charge in [-0.15, -0.1) is 134 Å². The second-order valence-corrected chi connectivity index (χ2v) is 113. The molecule has 0 rings (SSSR count). The highest BCUT2D eigenvalue weighted by molar-refractivity contribution is 9.31. The highest BCUT2D eigenvalue weighted by Gasteiger charge is 2.32. The quantitative estimate of drug-likeness (QED) is 0.155. The van der Waals surface area contributed by atoms with Gasteiger partial charge in [-0.2, -0.15) is 0 Å². The molecule has 28 heteroatoms. The molecule has 0 aromatic rings. The molecule has 0 radical (unpaired) electrons. The molecule has 0 heterocycles. The SMILES string of the molecule is PP(P)P(/P=[SH](=P/P(P(P)P)P(P)P)/P(P(P)P)P(P(P)P)P(P)P)P(P)P. The van der Waals surface area contributed by atoms with Crippen LogP contribution >= 0.6 is 215 Å². The topological polar surface area (TPSA) is 0 Å². The summed E-state index contributed by atoms with van der Waals surface area (Å²) in [5, 5.41) is 0. The first-order chi connectivity index (χ1) is 12.7. The minimum absolute atomic E-state index is 0.00292. The fourth-order valence-corrected chi connectivity index (χ4v) is 296. The molecule has 0 fully saturated rings. The van der Waals surface area contributed by atoms with Gasteiger partial charge in [0, 0.05) is 20.5 Å². The summed E-state index contributed by atoms with van der Waals surface area (Å²) in [6.07, 6.45) is 0. The summed E-state index contributed by atoms with van der Waals surface area (Å²) in [6.45, 7) is 0.237. The highest BCUT2D eigenvalue weighted by Crippen LogP contribution is 3.16. The van der Waals surface area contributed by atoms with Crippen LogP contribution in [0, 0.1) is 0 Å². The predicted molar refractivity (Wildman–Crippen MR) is 235 cm³/mol. The maximum Gasteiger partial charge on any atom is 0.0185 e. The molecule has 0 nitrogen and oxygen atoms in total. The van der Waals surface area contributed by atoms with E-state index in [9.17, 15) is 0 Å². The first-order valence-corrected chi connectivity index (χ1v) is 55.9. The lowest BCUT2D eigenvalue weighted by Gasteiger charge is -2.36. The smallest absolute Gasteiger partial charge is 0.0185 e. The van der Waals surface area contributed by atoms with Crippen molar-refractivity contribution in [3.8, 4) is 0 Å². The number of thiol groups is 1. The van der Waals surface area contributed by atoms with E-state index in [4.69, 9.17) is 0 Å². The van der Waals surface area contributed by atoms with Gasteiger partial charge in [0.1, 0.15) is 0 Å². The van der Waals surface area contributed by atoms with Crippen molar-refractivity contribution in [1.82, 2.24) is 0 Å². The second kappa shape index (κ2) is 22.3. The van der Waals surface area contributed by atoms with Crippen LogP contribution in [0.15, 0.2) is 0 Å². The minimum Gasteiger partial charge on any atom is -0.133 e. The van der Waals surface area contributed by atoms with Crippen LogP contribution in [0.1, 0.15) is 0 Å². The molecule has 0 bridgehead atoms. The van der Waals surface area contributed by atoms with Gasteiger partial charge in [0.25, 0.3) is 0 Å². The van der Waals surface area contributed by atoms with Gasteiger partial charge in [-0.3, -0.25) is 0 Å². The van der Waals surface area contributed by atoms with Crippen molar-refractivity contribution in [3.63, 3.8) is 0 Å². The van der Waals surface area contributed by atoms with Crippen molar-refractivity contribution in [2.45, 2.75) is 0 Å². The van der Waals surface area contributed by atoms with Crippen molar-refractivity contribution in [3.05, 3.63) is 0 Å². The van der Waals surface area contributed by atoms with E-state index in [1.54, 1.807) is 0 Å². The van der Waals surface area contributed by atoms with Crippen LogP contribution < -0.4 is 0 Å². The molecule has 0 saturated carbocycles. The van der Waals surface area contributed by atoms with Gasteiger partial charge in [0.15, 0.2) is 0 Å². The first-order valence-electron chi connectivity index (χ1n) is 6.21. The molecule has 0 N–H and O–H groups in total. The molecular formula is H29P27S. The maximum atomic E-state index is 3.28. The summed E-state index contributed by atoms with van der Waals surface area (Å²) >= 11 is 0. The van der Waals surface area contributed by atoms with E-state index >= 15 is 0 Å². The van der Waals surface area contributed by atoms with Gasteiger partial charge in [-0.05, 0) is 70.0 Å². The minimum atomic E-state index is -0.0298. The molecule has 16 atom stereocenters. The largest absolute Gasteiger partial charge is 0.133 e. The van der Waals surface area contributed by atoms with E-state index in [2.05, 4.69) is 125 Å². The standard InChI is InChI=1S/H29P27S/c1-17(2)24(18(3)4)15-28(16-25(19(5)6)20(7)8)27(23(13)14)26(21(9)10)22(11)12/h28H,1-14H2. The second-order valence-electron chi connectivity index (χ2n) is 4.18. The van der Waals surface area contributed by atoms with E-state index in [-0.39, 0.29) is 85.2 Å². The van der Waals surface area contributed by atoms with Crippen molar-refractivity contribution in [2.24, 2.45) is 0 Å². The van der Waals surface area contributed by atoms with Crippen LogP contribution in [-0.2, 0) is 8.87 Å². The Morgan fingerprint density at radius 3 is 0.857 bits per heavy atom. The molecule has 0 amide bonds. The summed E-state index contributed by atoms with van der Waals surface area (Å²) in [7, 11) is 48.5. The van der Waals surface area contributed by atoms with Gasteiger partial charge in [0.05, 0.1) is 0 Å². The molecular weight excluding hydrogens is 868 g/mol. The monoisotopic (exact) mass is 897 g/mol. The van der Waals surface area contributed by atoms with Crippen LogP contribution in [-0.4, -0.2) is 0 Å². The van der Waals surface area contributed by atoms with Gasteiger partial charge >= 0.3 is 0 Å². The van der Waals surface area contributed by atoms with Crippen LogP contribution in [0.25, 0.3) is 0 Å². The van der Waals surface area contributed by atoms with Crippen LogP contribution in [0.5, 0.6) is 0 Å². The molecule has 0 aliphatic heterocycles. The van der Waals surface area contributed by atoms with Crippen molar-refractivity contribution in [1.29, 1.82) is 0 Å². The fraction of sp³-hybridized carbons (Fsp3) is 0. The summed E-state index contributed by atoms with van der Waals surface area (Å²) in [5.41, 5.74) is 0. The third-order valence-corrected chi connectivity index (χ3v) is 169. The molecule has 0 aromatic heterocycles. The van der Waals surface area contributed by atoms with E-state index in [0.717, 1.165) is 0 Å². The summed E-state index contributed by atoms with van der Waals surface area (Å²) in [6, 6.07) is 0. The fourth-order valence-electron chi connectivity index (χ4n) is 1.22. The van der Waals surface area contributed by atoms with Crippen LogP contribution in [0.2, 0.25) is 0 Å². The van der Waals surface area contributed by atoms with Gasteiger partial charge in [-0.25, -0.2) is 0 Å². The number of hydrogen-bond acceptors (Lipinski definition) is 0. The Hall–Kier alpha value is 11.7. The first kappa shape index (κ1) is 39.7. The molecule has 0 aliphatic rings. The van der Waals surface area contributed by atoms with Crippen LogP contribution in [0.4, 0.5) is 0 Å². The van der Waals surface area contributed by atoms with Gasteiger partial charge in [-0.1, -0.05) is 0 Å². The zero-order chi connectivity index (χ0) is 22.3. The Bertz CT molecular complexity index is 446. The summed E-state index contributed by atoms with van der Waals surface area (Å²) in [4.78, 5) is 0. The predicted octanol–water partition coefficient (Wildman–Crippen LogP) is 15.5. The van der Waals surface area contributed by atoms with Crippen molar-refractivity contribution in [2.75, 3.05) is 0 Å². The Balaban J connectivity index is 6.77. The van der Waals surface area contributed by atoms with Crippen LogP contribution in [0.3, 0.4) is 0 Å². The zero-order valence-corrected chi connectivity index (χ0v) is 43.0. The zero-order valence-electron chi connectivity index (χ0n) is 14.3. The molecule has 0 aromatic carbocycles. The third-order valence-electron chi connectivity index (χ3n) is 2.09. The Morgan fingerprint density at radius 2 is 0.679 bits per heavy atom. The maximum absolute atomic E-state index is 3.28. The van der Waals surface area contributed by atoms with E-state index in [1.165, 1.54) is 0 Å². The molecule has 170 valence electrons. The normalized spacial score (nSPS) is 16.1. The van der Waals surface area contributed by atoms with Gasteiger partial charge < -0.3 is 0 Å². The molecule has 0 saturated heterocycles.